The van der Waals surface area contributed by atoms with Gasteiger partial charge in [-0.25, -0.2) is 0 Å². The van der Waals surface area contributed by atoms with Crippen molar-refractivity contribution in [1.29, 1.82) is 0 Å². The minimum absolute atomic E-state index is 0.133. The molecule has 2 unspecified atom stereocenters. The van der Waals surface area contributed by atoms with Crippen LogP contribution >= 0.6 is 11.8 Å². The molecule has 1 aliphatic rings. The topological polar surface area (TPSA) is 64.9 Å². The normalized spacial score (nSPS) is 24.9. The van der Waals surface area contributed by atoms with Crippen molar-refractivity contribution < 1.29 is 4.52 Å². The van der Waals surface area contributed by atoms with Gasteiger partial charge in [-0.2, -0.15) is 16.7 Å². The molecule has 1 aromatic heterocycles. The van der Waals surface area contributed by atoms with E-state index in [1.165, 1.54) is 5.75 Å². The van der Waals surface area contributed by atoms with Gasteiger partial charge in [-0.15, -0.1) is 0 Å². The molecule has 4 nitrogen and oxygen atoms in total. The Kier molecular flexibility index (Phi) is 2.55. The SMILES string of the molecule is CC(N)c1noc(C2CCSC2)n1. The van der Waals surface area contributed by atoms with E-state index in [1.807, 2.05) is 18.7 Å². The second-order valence-corrected chi connectivity index (χ2v) is 4.49. The Morgan fingerprint density at radius 1 is 1.69 bits per heavy atom. The van der Waals surface area contributed by atoms with Gasteiger partial charge in [-0.05, 0) is 19.1 Å². The molecule has 0 saturated carbocycles. The highest BCUT2D eigenvalue weighted by atomic mass is 32.2. The summed E-state index contributed by atoms with van der Waals surface area (Å²) in [5.41, 5.74) is 5.64. The largest absolute Gasteiger partial charge is 0.339 e. The second kappa shape index (κ2) is 3.67. The van der Waals surface area contributed by atoms with Gasteiger partial charge in [0.15, 0.2) is 5.82 Å². The predicted molar refractivity (Wildman–Crippen MR) is 51.6 cm³/mol. The highest BCUT2D eigenvalue weighted by Crippen LogP contribution is 2.31. The zero-order valence-electron chi connectivity index (χ0n) is 7.56. The van der Waals surface area contributed by atoms with E-state index in [1.54, 1.807) is 0 Å². The standard InChI is InChI=1S/C8H13N3OS/c1-5(9)7-10-8(12-11-7)6-2-3-13-4-6/h5-6H,2-4,9H2,1H3. The highest BCUT2D eigenvalue weighted by molar-refractivity contribution is 7.99. The van der Waals surface area contributed by atoms with Crippen LogP contribution in [0.1, 0.15) is 37.0 Å². The number of hydrogen-bond donors (Lipinski definition) is 1. The molecule has 5 heteroatoms. The Morgan fingerprint density at radius 2 is 2.54 bits per heavy atom. The summed E-state index contributed by atoms with van der Waals surface area (Å²) < 4.78 is 5.16. The predicted octanol–water partition coefficient (Wildman–Crippen LogP) is 1.31. The van der Waals surface area contributed by atoms with Crippen LogP contribution in [0.5, 0.6) is 0 Å². The zero-order valence-corrected chi connectivity index (χ0v) is 8.38. The number of rotatable bonds is 2. The molecule has 0 aromatic carbocycles. The van der Waals surface area contributed by atoms with Crippen molar-refractivity contribution in [3.8, 4) is 0 Å². The van der Waals surface area contributed by atoms with Crippen molar-refractivity contribution >= 4 is 11.8 Å². The zero-order chi connectivity index (χ0) is 9.26. The summed E-state index contributed by atoms with van der Waals surface area (Å²) in [6.45, 7) is 1.86. The van der Waals surface area contributed by atoms with Crippen LogP contribution in [0.2, 0.25) is 0 Å². The fraction of sp³-hybridized carbons (Fsp3) is 0.750. The number of nitrogens with two attached hydrogens (primary N) is 1. The molecule has 1 aromatic rings. The van der Waals surface area contributed by atoms with Crippen molar-refractivity contribution in [1.82, 2.24) is 10.1 Å². The van der Waals surface area contributed by atoms with E-state index in [9.17, 15) is 0 Å². The Balaban J connectivity index is 2.12. The Hall–Kier alpha value is -0.550. The van der Waals surface area contributed by atoms with Gasteiger partial charge in [-0.1, -0.05) is 5.16 Å². The van der Waals surface area contributed by atoms with Crippen LogP contribution in [0.15, 0.2) is 4.52 Å². The third-order valence-electron chi connectivity index (χ3n) is 2.14. The summed E-state index contributed by atoms with van der Waals surface area (Å²) in [6.07, 6.45) is 1.14. The number of thioether (sulfide) groups is 1. The van der Waals surface area contributed by atoms with Crippen molar-refractivity contribution in [2.75, 3.05) is 11.5 Å². The van der Waals surface area contributed by atoms with Crippen molar-refractivity contribution in [3.63, 3.8) is 0 Å². The first kappa shape index (κ1) is 9.02. The van der Waals surface area contributed by atoms with Gasteiger partial charge < -0.3 is 10.3 Å². The molecule has 2 N–H and O–H groups in total. The van der Waals surface area contributed by atoms with Crippen LogP contribution in [0, 0.1) is 0 Å². The Labute approximate surface area is 81.3 Å². The van der Waals surface area contributed by atoms with Crippen molar-refractivity contribution in [2.24, 2.45) is 5.73 Å². The third-order valence-corrected chi connectivity index (χ3v) is 3.31. The average molecular weight is 199 g/mol. The van der Waals surface area contributed by atoms with Gasteiger partial charge in [0, 0.05) is 11.7 Å². The Morgan fingerprint density at radius 3 is 3.08 bits per heavy atom. The minimum atomic E-state index is -0.133. The molecule has 2 rings (SSSR count). The first-order valence-corrected chi connectivity index (χ1v) is 5.59. The van der Waals surface area contributed by atoms with Gasteiger partial charge in [0.2, 0.25) is 5.89 Å². The first-order chi connectivity index (χ1) is 6.27. The average Bonchev–Trinajstić information content (AvgIpc) is 2.75. The summed E-state index contributed by atoms with van der Waals surface area (Å²) in [5.74, 6) is 4.12. The molecule has 0 aliphatic carbocycles. The van der Waals surface area contributed by atoms with Crippen LogP contribution in [0.4, 0.5) is 0 Å². The Bertz CT molecular complexity index is 281. The molecule has 2 heterocycles. The molecule has 0 spiro atoms. The summed E-state index contributed by atoms with van der Waals surface area (Å²) in [7, 11) is 0. The van der Waals surface area contributed by atoms with E-state index in [0.29, 0.717) is 11.7 Å². The lowest BCUT2D eigenvalue weighted by molar-refractivity contribution is 0.355. The number of hydrogen-bond acceptors (Lipinski definition) is 5. The lowest BCUT2D eigenvalue weighted by Gasteiger charge is -1.98. The number of nitrogens with zero attached hydrogens (tertiary/aromatic N) is 2. The van der Waals surface area contributed by atoms with E-state index in [2.05, 4.69) is 10.1 Å². The molecule has 0 amide bonds. The van der Waals surface area contributed by atoms with Crippen LogP contribution in [-0.2, 0) is 0 Å². The van der Waals surface area contributed by atoms with E-state index in [0.717, 1.165) is 18.1 Å². The second-order valence-electron chi connectivity index (χ2n) is 3.34. The lowest BCUT2D eigenvalue weighted by Crippen LogP contribution is -2.07. The van der Waals surface area contributed by atoms with E-state index in [-0.39, 0.29) is 6.04 Å². The lowest BCUT2D eigenvalue weighted by atomic mass is 10.1. The smallest absolute Gasteiger partial charge is 0.230 e. The fourth-order valence-corrected chi connectivity index (χ4v) is 2.54. The van der Waals surface area contributed by atoms with Gasteiger partial charge in [-0.3, -0.25) is 0 Å². The van der Waals surface area contributed by atoms with Crippen LogP contribution in [-0.4, -0.2) is 21.6 Å². The summed E-state index contributed by atoms with van der Waals surface area (Å²) >= 11 is 1.94. The minimum Gasteiger partial charge on any atom is -0.339 e. The third kappa shape index (κ3) is 1.86. The quantitative estimate of drug-likeness (QED) is 0.778. The molecule has 1 saturated heterocycles. The molecule has 2 atom stereocenters. The molecule has 13 heavy (non-hydrogen) atoms. The van der Waals surface area contributed by atoms with E-state index >= 15 is 0 Å². The van der Waals surface area contributed by atoms with Gasteiger partial charge >= 0.3 is 0 Å². The van der Waals surface area contributed by atoms with Crippen LogP contribution < -0.4 is 5.73 Å². The summed E-state index contributed by atoms with van der Waals surface area (Å²) in [6, 6.07) is -0.133. The maximum absolute atomic E-state index is 5.64. The summed E-state index contributed by atoms with van der Waals surface area (Å²) in [4.78, 5) is 4.28. The molecule has 72 valence electrons. The van der Waals surface area contributed by atoms with Gasteiger partial charge in [0.1, 0.15) is 0 Å². The molecule has 1 fully saturated rings. The molecule has 0 bridgehead atoms. The fourth-order valence-electron chi connectivity index (χ4n) is 1.33. The molecular weight excluding hydrogens is 186 g/mol. The monoisotopic (exact) mass is 199 g/mol. The van der Waals surface area contributed by atoms with Gasteiger partial charge in [0.05, 0.1) is 6.04 Å². The van der Waals surface area contributed by atoms with Crippen molar-refractivity contribution in [3.05, 3.63) is 11.7 Å². The summed E-state index contributed by atoms with van der Waals surface area (Å²) in [5, 5.41) is 3.84. The maximum atomic E-state index is 5.64. The van der Waals surface area contributed by atoms with Crippen LogP contribution in [0.25, 0.3) is 0 Å². The molecule has 1 aliphatic heterocycles. The maximum Gasteiger partial charge on any atom is 0.230 e. The highest BCUT2D eigenvalue weighted by Gasteiger charge is 2.23. The van der Waals surface area contributed by atoms with E-state index < -0.39 is 0 Å². The van der Waals surface area contributed by atoms with Crippen molar-refractivity contribution in [2.45, 2.75) is 25.3 Å². The van der Waals surface area contributed by atoms with Gasteiger partial charge in [0.25, 0.3) is 0 Å². The van der Waals surface area contributed by atoms with Crippen LogP contribution in [0.3, 0.4) is 0 Å². The number of aromatic nitrogens is 2. The first-order valence-electron chi connectivity index (χ1n) is 4.44. The van der Waals surface area contributed by atoms with E-state index in [4.69, 9.17) is 10.3 Å². The molecular formula is C8H13N3OS. The molecule has 0 radical (unpaired) electrons.